The number of likely N-dealkylation sites (tertiary alicyclic amines) is 1. The first-order chi connectivity index (χ1) is 14.2. The fraction of sp³-hybridized carbons (Fsp3) is 0.591. The maximum atomic E-state index is 4.32. The topological polar surface area (TPSA) is 70.4 Å². The van der Waals surface area contributed by atoms with Crippen molar-refractivity contribution in [3.05, 3.63) is 47.5 Å². The van der Waals surface area contributed by atoms with Crippen LogP contribution < -0.4 is 10.6 Å². The molecule has 1 atom stereocenters. The monoisotopic (exact) mass is 397 g/mol. The third kappa shape index (κ3) is 6.29. The largest absolute Gasteiger partial charge is 0.355 e. The smallest absolute Gasteiger partial charge is 0.191 e. The summed E-state index contributed by atoms with van der Waals surface area (Å²) in [6.07, 6.45) is 6.69. The van der Waals surface area contributed by atoms with Gasteiger partial charge in [-0.2, -0.15) is 0 Å². The van der Waals surface area contributed by atoms with Crippen molar-refractivity contribution in [1.82, 2.24) is 30.3 Å². The van der Waals surface area contributed by atoms with Crippen molar-refractivity contribution >= 4 is 5.96 Å². The minimum atomic E-state index is 0.700. The van der Waals surface area contributed by atoms with E-state index in [4.69, 9.17) is 0 Å². The summed E-state index contributed by atoms with van der Waals surface area (Å²) in [7, 11) is 1.80. The lowest BCUT2D eigenvalue weighted by molar-refractivity contribution is 0.152. The number of nitrogens with zero attached hydrogens (tertiary/aromatic N) is 5. The third-order valence-electron chi connectivity index (χ3n) is 5.69. The third-order valence-corrected chi connectivity index (χ3v) is 5.69. The molecule has 1 aromatic carbocycles. The Bertz CT molecular complexity index is 766. The number of benzene rings is 1. The zero-order chi connectivity index (χ0) is 20.5. The van der Waals surface area contributed by atoms with Gasteiger partial charge in [-0.25, -0.2) is 0 Å². The number of aliphatic imine (C=N–C) groups is 1. The van der Waals surface area contributed by atoms with E-state index in [1.165, 1.54) is 36.9 Å². The van der Waals surface area contributed by atoms with Crippen molar-refractivity contribution in [3.8, 4) is 0 Å². The molecule has 1 fully saturated rings. The highest BCUT2D eigenvalue weighted by Crippen LogP contribution is 2.19. The van der Waals surface area contributed by atoms with Crippen LogP contribution in [0.1, 0.15) is 50.1 Å². The summed E-state index contributed by atoms with van der Waals surface area (Å²) in [6.45, 7) is 9.07. The molecule has 158 valence electrons. The van der Waals surface area contributed by atoms with Crippen molar-refractivity contribution in [3.63, 3.8) is 0 Å². The molecule has 7 heteroatoms. The van der Waals surface area contributed by atoms with E-state index < -0.39 is 0 Å². The Labute approximate surface area is 174 Å². The van der Waals surface area contributed by atoms with Gasteiger partial charge in [-0.15, -0.1) is 10.2 Å². The van der Waals surface area contributed by atoms with Gasteiger partial charge in [0.1, 0.15) is 12.2 Å². The number of hydrogen-bond acceptors (Lipinski definition) is 4. The van der Waals surface area contributed by atoms with Gasteiger partial charge < -0.3 is 15.2 Å². The molecule has 3 rings (SSSR count). The van der Waals surface area contributed by atoms with Gasteiger partial charge in [0.25, 0.3) is 0 Å². The van der Waals surface area contributed by atoms with Gasteiger partial charge in [0.2, 0.25) is 0 Å². The number of rotatable bonds is 8. The molecule has 1 aliphatic heterocycles. The van der Waals surface area contributed by atoms with Crippen LogP contribution in [0.4, 0.5) is 0 Å². The van der Waals surface area contributed by atoms with Crippen LogP contribution in [0, 0.1) is 0 Å². The fourth-order valence-corrected chi connectivity index (χ4v) is 3.83. The first-order valence-electron chi connectivity index (χ1n) is 10.8. The maximum Gasteiger partial charge on any atom is 0.191 e. The Kier molecular flexibility index (Phi) is 8.04. The van der Waals surface area contributed by atoms with Crippen LogP contribution in [-0.4, -0.2) is 51.8 Å². The molecular weight excluding hydrogens is 362 g/mol. The number of nitrogens with one attached hydrogen (secondary N) is 2. The molecule has 0 bridgehead atoms. The van der Waals surface area contributed by atoms with Crippen LogP contribution in [0.3, 0.4) is 0 Å². The standard InChI is InChI=1S/C22H35N7/c1-4-21-27-26-17-29(21)14-12-24-22(23-3)25-15-19-8-10-20(11-9-19)16-28-13-6-5-7-18(28)2/h8-11,17-18H,4-7,12-16H2,1-3H3,(H2,23,24,25). The molecule has 2 heterocycles. The average molecular weight is 398 g/mol. The minimum Gasteiger partial charge on any atom is -0.355 e. The summed E-state index contributed by atoms with van der Waals surface area (Å²) >= 11 is 0. The molecule has 2 aromatic rings. The fourth-order valence-electron chi connectivity index (χ4n) is 3.83. The van der Waals surface area contributed by atoms with Gasteiger partial charge in [0, 0.05) is 45.7 Å². The van der Waals surface area contributed by atoms with Crippen LogP contribution >= 0.6 is 0 Å². The molecule has 29 heavy (non-hydrogen) atoms. The Balaban J connectivity index is 1.42. The van der Waals surface area contributed by atoms with Gasteiger partial charge in [-0.05, 0) is 37.4 Å². The second-order valence-electron chi connectivity index (χ2n) is 7.78. The zero-order valence-corrected chi connectivity index (χ0v) is 18.1. The first kappa shape index (κ1) is 21.3. The molecule has 0 saturated carbocycles. The summed E-state index contributed by atoms with van der Waals surface area (Å²) < 4.78 is 2.07. The normalized spacial score (nSPS) is 18.0. The quantitative estimate of drug-likeness (QED) is 0.529. The molecule has 0 spiro atoms. The summed E-state index contributed by atoms with van der Waals surface area (Å²) in [6, 6.07) is 9.65. The highest BCUT2D eigenvalue weighted by atomic mass is 15.3. The molecule has 1 unspecified atom stereocenters. The number of guanidine groups is 1. The Morgan fingerprint density at radius 3 is 2.69 bits per heavy atom. The molecule has 1 aromatic heterocycles. The number of aromatic nitrogens is 3. The summed E-state index contributed by atoms with van der Waals surface area (Å²) in [5.74, 6) is 1.82. The van der Waals surface area contributed by atoms with Crippen LogP contribution in [0.25, 0.3) is 0 Å². The van der Waals surface area contributed by atoms with E-state index in [-0.39, 0.29) is 0 Å². The lowest BCUT2D eigenvalue weighted by Gasteiger charge is -2.33. The van der Waals surface area contributed by atoms with E-state index in [9.17, 15) is 0 Å². The summed E-state index contributed by atoms with van der Waals surface area (Å²) in [4.78, 5) is 6.91. The Morgan fingerprint density at radius 2 is 1.97 bits per heavy atom. The summed E-state index contributed by atoms with van der Waals surface area (Å²) in [5.41, 5.74) is 2.65. The summed E-state index contributed by atoms with van der Waals surface area (Å²) in [5, 5.41) is 14.8. The van der Waals surface area contributed by atoms with E-state index in [0.29, 0.717) is 6.04 Å². The predicted molar refractivity (Wildman–Crippen MR) is 118 cm³/mol. The van der Waals surface area contributed by atoms with Crippen LogP contribution in [-0.2, 0) is 26.1 Å². The Morgan fingerprint density at radius 1 is 1.17 bits per heavy atom. The van der Waals surface area contributed by atoms with E-state index >= 15 is 0 Å². The maximum absolute atomic E-state index is 4.32. The highest BCUT2D eigenvalue weighted by molar-refractivity contribution is 5.79. The van der Waals surface area contributed by atoms with Gasteiger partial charge >= 0.3 is 0 Å². The average Bonchev–Trinajstić information content (AvgIpc) is 3.21. The van der Waals surface area contributed by atoms with Gasteiger partial charge in [-0.1, -0.05) is 37.6 Å². The van der Waals surface area contributed by atoms with Gasteiger partial charge in [0.15, 0.2) is 5.96 Å². The SMILES string of the molecule is CCc1nncn1CCNC(=NC)NCc1ccc(CN2CCCCC2C)cc1. The molecule has 7 nitrogen and oxygen atoms in total. The van der Waals surface area contributed by atoms with E-state index in [2.05, 4.69) is 73.4 Å². The number of aryl methyl sites for hydroxylation is 1. The highest BCUT2D eigenvalue weighted by Gasteiger charge is 2.17. The molecule has 0 amide bonds. The van der Waals surface area contributed by atoms with Crippen LogP contribution in [0.5, 0.6) is 0 Å². The second kappa shape index (κ2) is 11.0. The zero-order valence-electron chi connectivity index (χ0n) is 18.1. The van der Waals surface area contributed by atoms with Crippen molar-refractivity contribution in [2.24, 2.45) is 4.99 Å². The van der Waals surface area contributed by atoms with Crippen molar-refractivity contribution < 1.29 is 0 Å². The number of hydrogen-bond donors (Lipinski definition) is 2. The molecular formula is C22H35N7. The van der Waals surface area contributed by atoms with Crippen molar-refractivity contribution in [2.75, 3.05) is 20.1 Å². The second-order valence-corrected chi connectivity index (χ2v) is 7.78. The van der Waals surface area contributed by atoms with Gasteiger partial charge in [0.05, 0.1) is 0 Å². The molecule has 0 radical (unpaired) electrons. The molecule has 2 N–H and O–H groups in total. The lowest BCUT2D eigenvalue weighted by Crippen LogP contribution is -2.38. The molecule has 1 saturated heterocycles. The Hall–Kier alpha value is -2.41. The lowest BCUT2D eigenvalue weighted by atomic mass is 10.0. The molecule has 1 aliphatic rings. The van der Waals surface area contributed by atoms with Crippen molar-refractivity contribution in [1.29, 1.82) is 0 Å². The molecule has 0 aliphatic carbocycles. The van der Waals surface area contributed by atoms with Gasteiger partial charge in [-0.3, -0.25) is 9.89 Å². The van der Waals surface area contributed by atoms with Crippen LogP contribution in [0.2, 0.25) is 0 Å². The first-order valence-corrected chi connectivity index (χ1v) is 10.8. The minimum absolute atomic E-state index is 0.700. The van der Waals surface area contributed by atoms with E-state index in [1.54, 1.807) is 13.4 Å². The number of piperidine rings is 1. The van der Waals surface area contributed by atoms with Crippen LogP contribution in [0.15, 0.2) is 35.6 Å². The predicted octanol–water partition coefficient (Wildman–Crippen LogP) is 2.58. The van der Waals surface area contributed by atoms with E-state index in [1.807, 2.05) is 0 Å². The van der Waals surface area contributed by atoms with E-state index in [0.717, 1.165) is 44.4 Å². The van der Waals surface area contributed by atoms with Crippen molar-refractivity contribution in [2.45, 2.75) is 65.2 Å².